The van der Waals surface area contributed by atoms with Crippen LogP contribution in [0.4, 0.5) is 0 Å². The van der Waals surface area contributed by atoms with Crippen molar-refractivity contribution < 1.29 is 32.8 Å². The van der Waals surface area contributed by atoms with Gasteiger partial charge in [-0.3, -0.25) is 4.55 Å². The Morgan fingerprint density at radius 3 is 1.64 bits per heavy atom. The molecule has 166 valence electrons. The maximum absolute atomic E-state index is 12.0. The van der Waals surface area contributed by atoms with Crippen LogP contribution in [0.15, 0.2) is 0 Å². The summed E-state index contributed by atoms with van der Waals surface area (Å²) in [5, 5.41) is 23.5. The third kappa shape index (κ3) is 8.47. The first-order valence-corrected chi connectivity index (χ1v) is 12.0. The van der Waals surface area contributed by atoms with Gasteiger partial charge in [-0.1, -0.05) is 90.9 Å². The summed E-state index contributed by atoms with van der Waals surface area (Å²) in [6.45, 7) is 4.11. The molecule has 0 aliphatic rings. The smallest absolute Gasteiger partial charge is 0.276 e. The van der Waals surface area contributed by atoms with Gasteiger partial charge in [-0.2, -0.15) is 8.42 Å². The van der Waals surface area contributed by atoms with E-state index in [0.29, 0.717) is 19.3 Å². The summed E-state index contributed by atoms with van der Waals surface area (Å²) in [7, 11) is -5.20. The van der Waals surface area contributed by atoms with Gasteiger partial charge in [-0.05, 0) is 12.8 Å². The summed E-state index contributed by atoms with van der Waals surface area (Å²) in [4.78, 5) is 23.5. The number of rotatable bonds is 18. The molecular formula is C20H36O7S-2. The SMILES string of the molecule is CCCCCCCCC(C(=O)[O-])C(CCCCCCCC)(C(=O)[O-])S(=O)(=O)O. The van der Waals surface area contributed by atoms with Crippen LogP contribution in [0.2, 0.25) is 0 Å². The summed E-state index contributed by atoms with van der Waals surface area (Å²) >= 11 is 0. The first kappa shape index (κ1) is 26.9. The molecule has 0 fully saturated rings. The van der Waals surface area contributed by atoms with E-state index in [0.717, 1.165) is 51.4 Å². The van der Waals surface area contributed by atoms with E-state index in [1.165, 1.54) is 0 Å². The predicted octanol–water partition coefficient (Wildman–Crippen LogP) is 2.23. The van der Waals surface area contributed by atoms with Gasteiger partial charge < -0.3 is 19.8 Å². The molecule has 2 unspecified atom stereocenters. The monoisotopic (exact) mass is 420 g/mol. The summed E-state index contributed by atoms with van der Waals surface area (Å²) < 4.78 is 30.9. The zero-order valence-electron chi connectivity index (χ0n) is 17.3. The van der Waals surface area contributed by atoms with Crippen LogP contribution in [0.1, 0.15) is 104 Å². The Hall–Kier alpha value is -1.15. The highest BCUT2D eigenvalue weighted by molar-refractivity contribution is 7.88. The van der Waals surface area contributed by atoms with Gasteiger partial charge >= 0.3 is 0 Å². The molecule has 0 aromatic rings. The van der Waals surface area contributed by atoms with Crippen molar-refractivity contribution in [2.75, 3.05) is 0 Å². The van der Waals surface area contributed by atoms with E-state index in [-0.39, 0.29) is 12.8 Å². The molecule has 0 rings (SSSR count). The molecule has 0 saturated heterocycles. The van der Waals surface area contributed by atoms with Crippen LogP contribution in [0, 0.1) is 5.92 Å². The summed E-state index contributed by atoms with van der Waals surface area (Å²) in [6.07, 6.45) is 8.78. The second-order valence-electron chi connectivity index (χ2n) is 7.60. The van der Waals surface area contributed by atoms with E-state index >= 15 is 0 Å². The molecule has 0 aromatic carbocycles. The highest BCUT2D eigenvalue weighted by Gasteiger charge is 2.51. The first-order chi connectivity index (χ1) is 13.1. The van der Waals surface area contributed by atoms with Crippen molar-refractivity contribution >= 4 is 22.1 Å². The van der Waals surface area contributed by atoms with Crippen molar-refractivity contribution in [2.45, 2.75) is 108 Å². The van der Waals surface area contributed by atoms with E-state index < -0.39 is 39.1 Å². The normalized spacial score (nSPS) is 15.1. The highest BCUT2D eigenvalue weighted by atomic mass is 32.2. The summed E-state index contributed by atoms with van der Waals surface area (Å²) in [6, 6.07) is 0. The molecule has 0 bridgehead atoms. The minimum atomic E-state index is -5.20. The Kier molecular flexibility index (Phi) is 13.4. The average Bonchev–Trinajstić information content (AvgIpc) is 2.60. The minimum absolute atomic E-state index is 0.178. The Balaban J connectivity index is 5.24. The largest absolute Gasteiger partial charge is 0.550 e. The van der Waals surface area contributed by atoms with Gasteiger partial charge in [0, 0.05) is 11.9 Å². The van der Waals surface area contributed by atoms with Gasteiger partial charge in [0.25, 0.3) is 10.1 Å². The highest BCUT2D eigenvalue weighted by Crippen LogP contribution is 2.35. The lowest BCUT2D eigenvalue weighted by Gasteiger charge is -2.39. The van der Waals surface area contributed by atoms with Crippen molar-refractivity contribution in [3.05, 3.63) is 0 Å². The van der Waals surface area contributed by atoms with E-state index in [2.05, 4.69) is 6.92 Å². The van der Waals surface area contributed by atoms with E-state index in [1.54, 1.807) is 0 Å². The summed E-state index contributed by atoms with van der Waals surface area (Å²) in [5.74, 6) is -5.68. The Morgan fingerprint density at radius 2 is 1.25 bits per heavy atom. The van der Waals surface area contributed by atoms with Crippen LogP contribution in [0.25, 0.3) is 0 Å². The van der Waals surface area contributed by atoms with Gasteiger partial charge in [-0.15, -0.1) is 0 Å². The van der Waals surface area contributed by atoms with Gasteiger partial charge in [0.05, 0.1) is 5.97 Å². The molecule has 0 aliphatic heterocycles. The number of aliphatic carboxylic acids is 2. The van der Waals surface area contributed by atoms with Gasteiger partial charge in [0.1, 0.15) is 4.75 Å². The third-order valence-corrected chi connectivity index (χ3v) is 6.98. The molecule has 0 radical (unpaired) electrons. The lowest BCUT2D eigenvalue weighted by Crippen LogP contribution is -2.62. The zero-order valence-corrected chi connectivity index (χ0v) is 18.1. The zero-order chi connectivity index (χ0) is 21.6. The number of carbonyl (C=O) groups is 2. The number of carbonyl (C=O) groups excluding carboxylic acids is 2. The van der Waals surface area contributed by atoms with Crippen molar-refractivity contribution in [1.29, 1.82) is 0 Å². The molecule has 8 heteroatoms. The lowest BCUT2D eigenvalue weighted by molar-refractivity contribution is -0.325. The molecule has 0 aromatic heterocycles. The number of unbranched alkanes of at least 4 members (excludes halogenated alkanes) is 10. The Morgan fingerprint density at radius 1 is 0.821 bits per heavy atom. The quantitative estimate of drug-likeness (QED) is 0.265. The van der Waals surface area contributed by atoms with Crippen LogP contribution >= 0.6 is 0 Å². The minimum Gasteiger partial charge on any atom is -0.550 e. The van der Waals surface area contributed by atoms with Crippen LogP contribution < -0.4 is 10.2 Å². The standard InChI is InChI=1S/C20H38O7S/c1-3-5-7-9-11-13-15-17(18(21)22)20(19(23)24,28(25,26)27)16-14-12-10-8-6-4-2/h17H,3-16H2,1-2H3,(H,21,22)(H,23,24)(H,25,26,27)/p-2. The van der Waals surface area contributed by atoms with Crippen molar-refractivity contribution in [1.82, 2.24) is 0 Å². The molecule has 0 saturated carbocycles. The van der Waals surface area contributed by atoms with Gasteiger partial charge in [0.15, 0.2) is 0 Å². The number of carboxylic acid groups (broad SMARTS) is 2. The fourth-order valence-corrected chi connectivity index (χ4v) is 4.86. The molecule has 0 amide bonds. The maximum Gasteiger partial charge on any atom is 0.276 e. The molecule has 0 aliphatic carbocycles. The van der Waals surface area contributed by atoms with E-state index in [9.17, 15) is 32.8 Å². The third-order valence-electron chi connectivity index (χ3n) is 5.40. The Bertz CT molecular complexity index is 559. The van der Waals surface area contributed by atoms with Crippen molar-refractivity contribution in [3.63, 3.8) is 0 Å². The fourth-order valence-electron chi connectivity index (χ4n) is 3.67. The topological polar surface area (TPSA) is 135 Å². The van der Waals surface area contributed by atoms with Crippen molar-refractivity contribution in [2.24, 2.45) is 5.92 Å². The first-order valence-electron chi connectivity index (χ1n) is 10.5. The van der Waals surface area contributed by atoms with E-state index in [1.807, 2.05) is 6.92 Å². The molecule has 2 atom stereocenters. The maximum atomic E-state index is 12.0. The lowest BCUT2D eigenvalue weighted by atomic mass is 9.82. The molecular weight excluding hydrogens is 384 g/mol. The number of hydrogen-bond donors (Lipinski definition) is 1. The predicted molar refractivity (Wildman–Crippen MR) is 104 cm³/mol. The molecule has 1 N–H and O–H groups in total. The second kappa shape index (κ2) is 13.9. The molecule has 7 nitrogen and oxygen atoms in total. The number of carboxylic acids is 2. The van der Waals surface area contributed by atoms with Crippen molar-refractivity contribution in [3.8, 4) is 0 Å². The van der Waals surface area contributed by atoms with Crippen LogP contribution in [0.5, 0.6) is 0 Å². The number of hydrogen-bond acceptors (Lipinski definition) is 6. The average molecular weight is 421 g/mol. The van der Waals surface area contributed by atoms with Crippen LogP contribution in [-0.4, -0.2) is 29.7 Å². The molecule has 0 spiro atoms. The molecule has 0 heterocycles. The fraction of sp³-hybridized carbons (Fsp3) is 0.900. The van der Waals surface area contributed by atoms with Gasteiger partial charge in [-0.25, -0.2) is 0 Å². The van der Waals surface area contributed by atoms with Crippen LogP contribution in [0.3, 0.4) is 0 Å². The van der Waals surface area contributed by atoms with Crippen LogP contribution in [-0.2, 0) is 19.7 Å². The molecule has 28 heavy (non-hydrogen) atoms. The summed E-state index contributed by atoms with van der Waals surface area (Å²) in [5.41, 5.74) is 0. The van der Waals surface area contributed by atoms with Gasteiger partial charge in [0.2, 0.25) is 0 Å². The van der Waals surface area contributed by atoms with E-state index in [4.69, 9.17) is 0 Å². The second-order valence-corrected chi connectivity index (χ2v) is 9.28. The Labute approximate surface area is 169 Å².